The Morgan fingerprint density at radius 3 is 3.11 bits per heavy atom. The van der Waals surface area contributed by atoms with E-state index in [-0.39, 0.29) is 0 Å². The maximum atomic E-state index is 10.3. The summed E-state index contributed by atoms with van der Waals surface area (Å²) in [7, 11) is 1.68. The maximum absolute atomic E-state index is 10.3. The fraction of sp³-hybridized carbons (Fsp3) is 0.533. The second kappa shape index (κ2) is 6.45. The summed E-state index contributed by atoms with van der Waals surface area (Å²) in [5, 5.41) is 12.6. The van der Waals surface area contributed by atoms with Crippen molar-refractivity contribution in [1.82, 2.24) is 5.32 Å². The van der Waals surface area contributed by atoms with E-state index in [4.69, 9.17) is 4.74 Å². The number of amides is 1. The van der Waals surface area contributed by atoms with Gasteiger partial charge in [0.05, 0.1) is 7.11 Å². The fourth-order valence-corrected chi connectivity index (χ4v) is 2.84. The number of rotatable bonds is 5. The quantitative estimate of drug-likeness (QED) is 0.823. The van der Waals surface area contributed by atoms with Crippen LogP contribution in [0.25, 0.3) is 0 Å². The molecule has 0 heterocycles. The van der Waals surface area contributed by atoms with Crippen LogP contribution in [0.2, 0.25) is 0 Å². The van der Waals surface area contributed by atoms with Crippen LogP contribution in [0.5, 0.6) is 5.75 Å². The summed E-state index contributed by atoms with van der Waals surface area (Å²) in [6.07, 6.45) is 4.16. The Labute approximate surface area is 113 Å². The highest BCUT2D eigenvalue weighted by atomic mass is 16.5. The summed E-state index contributed by atoms with van der Waals surface area (Å²) in [4.78, 5) is 10.3. The maximum Gasteiger partial charge on any atom is 0.134 e. The molecule has 2 rings (SSSR count). The van der Waals surface area contributed by atoms with E-state index in [9.17, 15) is 9.90 Å². The molecule has 0 fully saturated rings. The highest BCUT2D eigenvalue weighted by molar-refractivity contribution is 5.61. The summed E-state index contributed by atoms with van der Waals surface area (Å²) >= 11 is 0. The lowest BCUT2D eigenvalue weighted by atomic mass is 9.80. The molecule has 19 heavy (non-hydrogen) atoms. The first-order valence-corrected chi connectivity index (χ1v) is 6.82. The minimum atomic E-state index is -1.19. The average molecular weight is 262 g/mol. The van der Waals surface area contributed by atoms with Gasteiger partial charge in [0, 0.05) is 6.54 Å². The highest BCUT2D eigenvalue weighted by Gasteiger charge is 2.20. The molecule has 104 valence electrons. The van der Waals surface area contributed by atoms with Crippen molar-refractivity contribution >= 4 is 6.09 Å². The lowest BCUT2D eigenvalue weighted by molar-refractivity contribution is -0.250. The van der Waals surface area contributed by atoms with E-state index in [1.807, 2.05) is 6.07 Å². The predicted octanol–water partition coefficient (Wildman–Crippen LogP) is 1.83. The first kappa shape index (κ1) is 13.7. The van der Waals surface area contributed by atoms with Gasteiger partial charge in [-0.05, 0) is 61.3 Å². The second-order valence-corrected chi connectivity index (χ2v) is 5.01. The van der Waals surface area contributed by atoms with Crippen LogP contribution in [0, 0.1) is 0 Å². The van der Waals surface area contributed by atoms with Gasteiger partial charge in [0.2, 0.25) is 0 Å². The summed E-state index contributed by atoms with van der Waals surface area (Å²) in [5.74, 6) is 1.42. The van der Waals surface area contributed by atoms with Crippen LogP contribution >= 0.6 is 0 Å². The minimum Gasteiger partial charge on any atom is -0.530 e. The van der Waals surface area contributed by atoms with Crippen LogP contribution in [0.3, 0.4) is 0 Å². The number of ether oxygens (including phenoxy) is 1. The van der Waals surface area contributed by atoms with Crippen molar-refractivity contribution in [3.63, 3.8) is 0 Å². The van der Waals surface area contributed by atoms with Crippen molar-refractivity contribution in [2.24, 2.45) is 0 Å². The Morgan fingerprint density at radius 1 is 1.53 bits per heavy atom. The van der Waals surface area contributed by atoms with Gasteiger partial charge < -0.3 is 20.0 Å². The van der Waals surface area contributed by atoms with Gasteiger partial charge in [-0.15, -0.1) is 0 Å². The van der Waals surface area contributed by atoms with E-state index < -0.39 is 6.09 Å². The first-order chi connectivity index (χ1) is 9.20. The predicted molar refractivity (Wildman–Crippen MR) is 71.3 cm³/mol. The molecule has 0 bridgehead atoms. The molecule has 1 aromatic rings. The zero-order chi connectivity index (χ0) is 13.7. The molecule has 0 aromatic heterocycles. The van der Waals surface area contributed by atoms with Gasteiger partial charge in [-0.1, -0.05) is 6.07 Å². The molecule has 1 N–H and O–H groups in total. The van der Waals surface area contributed by atoms with Crippen LogP contribution in [-0.2, 0) is 6.42 Å². The Morgan fingerprint density at radius 2 is 2.37 bits per heavy atom. The van der Waals surface area contributed by atoms with E-state index in [2.05, 4.69) is 17.4 Å². The zero-order valence-corrected chi connectivity index (χ0v) is 11.3. The smallest absolute Gasteiger partial charge is 0.134 e. The van der Waals surface area contributed by atoms with Crippen molar-refractivity contribution < 1.29 is 14.6 Å². The number of benzene rings is 1. The minimum absolute atomic E-state index is 0.470. The standard InChI is InChI=1S/C15H21NO3/c1-19-13-8-7-12-5-2-4-11(14(12)10-13)6-3-9-16-15(17)18/h7-8,10-11,16H,2-6,9H2,1H3,(H,17,18)/p-1. The molecule has 1 unspecified atom stereocenters. The molecule has 1 aromatic carbocycles. The fourth-order valence-electron chi connectivity index (χ4n) is 2.84. The van der Waals surface area contributed by atoms with E-state index in [1.54, 1.807) is 7.11 Å². The van der Waals surface area contributed by atoms with Gasteiger partial charge in [0.15, 0.2) is 0 Å². The highest BCUT2D eigenvalue weighted by Crippen LogP contribution is 2.36. The van der Waals surface area contributed by atoms with Crippen molar-refractivity contribution in [2.45, 2.75) is 38.0 Å². The van der Waals surface area contributed by atoms with Crippen molar-refractivity contribution in [1.29, 1.82) is 0 Å². The van der Waals surface area contributed by atoms with E-state index in [0.717, 1.165) is 25.0 Å². The zero-order valence-electron chi connectivity index (χ0n) is 11.3. The molecule has 1 aliphatic rings. The average Bonchev–Trinajstić information content (AvgIpc) is 2.43. The largest absolute Gasteiger partial charge is 0.530 e. The summed E-state index contributed by atoms with van der Waals surface area (Å²) in [6.45, 7) is 0.470. The van der Waals surface area contributed by atoms with Gasteiger partial charge in [-0.25, -0.2) is 0 Å². The number of aryl methyl sites for hydroxylation is 1. The Hall–Kier alpha value is -1.71. The molecule has 1 aliphatic carbocycles. The molecular weight excluding hydrogens is 242 g/mol. The van der Waals surface area contributed by atoms with E-state index >= 15 is 0 Å². The summed E-state index contributed by atoms with van der Waals surface area (Å²) < 4.78 is 5.29. The number of hydrogen-bond acceptors (Lipinski definition) is 3. The molecule has 4 heteroatoms. The second-order valence-electron chi connectivity index (χ2n) is 5.01. The van der Waals surface area contributed by atoms with Gasteiger partial charge in [0.1, 0.15) is 11.8 Å². The van der Waals surface area contributed by atoms with E-state index in [1.165, 1.54) is 24.0 Å². The topological polar surface area (TPSA) is 61.4 Å². The SMILES string of the molecule is COc1ccc2c(c1)C(CCCNC(=O)[O-])CCC2. The normalized spacial score (nSPS) is 17.6. The number of fused-ring (bicyclic) bond motifs is 1. The molecule has 0 aliphatic heterocycles. The molecular formula is C15H20NO3-. The van der Waals surface area contributed by atoms with Crippen LogP contribution in [-0.4, -0.2) is 19.7 Å². The molecule has 0 spiro atoms. The summed E-state index contributed by atoms with van der Waals surface area (Å²) in [6, 6.07) is 6.30. The lowest BCUT2D eigenvalue weighted by Gasteiger charge is -2.26. The third-order valence-electron chi connectivity index (χ3n) is 3.79. The van der Waals surface area contributed by atoms with Crippen molar-refractivity contribution in [2.75, 3.05) is 13.7 Å². The number of carboxylic acid groups (broad SMARTS) is 1. The monoisotopic (exact) mass is 262 g/mol. The summed E-state index contributed by atoms with van der Waals surface area (Å²) in [5.41, 5.74) is 2.78. The van der Waals surface area contributed by atoms with Crippen LogP contribution in [0.15, 0.2) is 18.2 Å². The molecule has 1 amide bonds. The van der Waals surface area contributed by atoms with Crippen LogP contribution in [0.4, 0.5) is 4.79 Å². The molecule has 0 radical (unpaired) electrons. The first-order valence-electron chi connectivity index (χ1n) is 6.82. The molecule has 1 atom stereocenters. The van der Waals surface area contributed by atoms with Crippen LogP contribution < -0.4 is 15.2 Å². The Balaban J connectivity index is 1.98. The van der Waals surface area contributed by atoms with Gasteiger partial charge in [0.25, 0.3) is 0 Å². The molecule has 4 nitrogen and oxygen atoms in total. The van der Waals surface area contributed by atoms with Crippen molar-refractivity contribution in [3.05, 3.63) is 29.3 Å². The third-order valence-corrected chi connectivity index (χ3v) is 3.79. The number of nitrogens with one attached hydrogen (secondary N) is 1. The Bertz CT molecular complexity index is 445. The lowest BCUT2D eigenvalue weighted by Crippen LogP contribution is -2.37. The van der Waals surface area contributed by atoms with Gasteiger partial charge in [-0.3, -0.25) is 0 Å². The van der Waals surface area contributed by atoms with E-state index in [0.29, 0.717) is 12.5 Å². The molecule has 0 saturated carbocycles. The number of methoxy groups -OCH3 is 1. The molecule has 0 saturated heterocycles. The Kier molecular flexibility index (Phi) is 4.66. The number of carbonyl (C=O) groups is 1. The number of hydrogen-bond donors (Lipinski definition) is 1. The van der Waals surface area contributed by atoms with Crippen LogP contribution in [0.1, 0.15) is 42.7 Å². The van der Waals surface area contributed by atoms with Gasteiger partial charge in [-0.2, -0.15) is 0 Å². The third kappa shape index (κ3) is 3.63. The number of carbonyl (C=O) groups excluding carboxylic acids is 1. The van der Waals surface area contributed by atoms with Gasteiger partial charge >= 0.3 is 0 Å². The van der Waals surface area contributed by atoms with Crippen molar-refractivity contribution in [3.8, 4) is 5.75 Å².